The van der Waals surface area contributed by atoms with Gasteiger partial charge < -0.3 is 11.5 Å². The summed E-state index contributed by atoms with van der Waals surface area (Å²) in [7, 11) is 0. The van der Waals surface area contributed by atoms with Crippen LogP contribution in [-0.2, 0) is 0 Å². The molecule has 6 nitrogen and oxygen atoms in total. The second kappa shape index (κ2) is 4.16. The van der Waals surface area contributed by atoms with Crippen molar-refractivity contribution in [2.24, 2.45) is 26.8 Å². The molecule has 1 aliphatic rings. The zero-order chi connectivity index (χ0) is 10.7. The van der Waals surface area contributed by atoms with Gasteiger partial charge in [0, 0.05) is 0 Å². The van der Waals surface area contributed by atoms with Crippen molar-refractivity contribution in [1.82, 2.24) is 0 Å². The van der Waals surface area contributed by atoms with Crippen molar-refractivity contribution in [2.75, 3.05) is 5.43 Å². The van der Waals surface area contributed by atoms with E-state index in [1.165, 1.54) is 0 Å². The van der Waals surface area contributed by atoms with Crippen LogP contribution in [0.1, 0.15) is 0 Å². The molecule has 0 spiro atoms. The van der Waals surface area contributed by atoms with E-state index >= 15 is 0 Å². The fourth-order valence-corrected chi connectivity index (χ4v) is 1.21. The molecule has 15 heavy (non-hydrogen) atoms. The van der Waals surface area contributed by atoms with Crippen molar-refractivity contribution in [2.45, 2.75) is 12.3 Å². The number of nitrogens with zero attached hydrogens (tertiary/aromatic N) is 3. The average Bonchev–Trinajstić information content (AvgIpc) is 2.58. The standard InChI is InChI=1S/C9H12N6/c10-8-7(9(11)15-14-8)13-12-6-4-2-1-3-5-6/h1-5,8-9,12H,10-11H2. The fourth-order valence-electron chi connectivity index (χ4n) is 1.21. The molecule has 1 heterocycles. The molecule has 6 heteroatoms. The zero-order valence-corrected chi connectivity index (χ0v) is 8.04. The molecule has 0 saturated heterocycles. The molecule has 0 fully saturated rings. The maximum Gasteiger partial charge on any atom is 0.162 e. The molecule has 0 radical (unpaired) electrons. The molecule has 5 N–H and O–H groups in total. The van der Waals surface area contributed by atoms with Crippen LogP contribution in [0.3, 0.4) is 0 Å². The highest BCUT2D eigenvalue weighted by Gasteiger charge is 2.24. The number of hydrazone groups is 1. The summed E-state index contributed by atoms with van der Waals surface area (Å²) in [4.78, 5) is 0. The number of hydrogen-bond acceptors (Lipinski definition) is 6. The first-order valence-electron chi connectivity index (χ1n) is 4.57. The van der Waals surface area contributed by atoms with Crippen LogP contribution in [0.25, 0.3) is 0 Å². The Balaban J connectivity index is 2.06. The Kier molecular flexibility index (Phi) is 2.70. The van der Waals surface area contributed by atoms with Gasteiger partial charge in [0.05, 0.1) is 5.69 Å². The summed E-state index contributed by atoms with van der Waals surface area (Å²) < 4.78 is 0. The van der Waals surface area contributed by atoms with Gasteiger partial charge in [0.15, 0.2) is 12.3 Å². The highest BCUT2D eigenvalue weighted by atomic mass is 15.4. The van der Waals surface area contributed by atoms with E-state index in [0.717, 1.165) is 5.69 Å². The van der Waals surface area contributed by atoms with E-state index < -0.39 is 12.3 Å². The fraction of sp³-hybridized carbons (Fsp3) is 0.222. The quantitative estimate of drug-likeness (QED) is 0.611. The minimum absolute atomic E-state index is 0.531. The number of anilines is 1. The van der Waals surface area contributed by atoms with Gasteiger partial charge >= 0.3 is 0 Å². The molecule has 1 aliphatic heterocycles. The van der Waals surface area contributed by atoms with Crippen LogP contribution in [0.15, 0.2) is 45.7 Å². The van der Waals surface area contributed by atoms with Crippen molar-refractivity contribution < 1.29 is 0 Å². The van der Waals surface area contributed by atoms with Gasteiger partial charge in [-0.3, -0.25) is 5.43 Å². The van der Waals surface area contributed by atoms with Crippen LogP contribution < -0.4 is 16.9 Å². The van der Waals surface area contributed by atoms with Crippen molar-refractivity contribution in [3.8, 4) is 0 Å². The lowest BCUT2D eigenvalue weighted by Gasteiger charge is -2.05. The molecule has 2 atom stereocenters. The number of azo groups is 1. The third-order valence-corrected chi connectivity index (χ3v) is 2.01. The molecule has 2 unspecified atom stereocenters. The monoisotopic (exact) mass is 204 g/mol. The van der Waals surface area contributed by atoms with E-state index in [4.69, 9.17) is 11.5 Å². The molecule has 0 amide bonds. The normalized spacial score (nSPS) is 24.3. The van der Waals surface area contributed by atoms with E-state index in [9.17, 15) is 0 Å². The van der Waals surface area contributed by atoms with Gasteiger partial charge in [-0.2, -0.15) is 15.3 Å². The topological polar surface area (TPSA) is 101 Å². The Labute approximate surface area is 87.1 Å². The Morgan fingerprint density at radius 1 is 1.07 bits per heavy atom. The first-order chi connectivity index (χ1) is 7.27. The third kappa shape index (κ3) is 2.17. The molecule has 0 saturated carbocycles. The summed E-state index contributed by atoms with van der Waals surface area (Å²) >= 11 is 0. The molecular formula is C9H12N6. The van der Waals surface area contributed by atoms with Gasteiger partial charge in [0.2, 0.25) is 0 Å². The molecule has 0 aliphatic carbocycles. The zero-order valence-electron chi connectivity index (χ0n) is 8.04. The number of para-hydroxylation sites is 1. The number of nitrogens with one attached hydrogen (secondary N) is 1. The minimum Gasteiger partial charge on any atom is -0.303 e. The number of rotatable bonds is 2. The molecule has 0 aromatic heterocycles. The lowest BCUT2D eigenvalue weighted by Crippen LogP contribution is -2.36. The van der Waals surface area contributed by atoms with Crippen molar-refractivity contribution in [3.63, 3.8) is 0 Å². The average molecular weight is 204 g/mol. The lowest BCUT2D eigenvalue weighted by molar-refractivity contribution is 0.859. The van der Waals surface area contributed by atoms with E-state index in [0.29, 0.717) is 5.71 Å². The summed E-state index contributed by atoms with van der Waals surface area (Å²) in [5.41, 5.74) is 15.5. The third-order valence-electron chi connectivity index (χ3n) is 2.01. The lowest BCUT2D eigenvalue weighted by atomic mass is 10.3. The van der Waals surface area contributed by atoms with E-state index in [1.807, 2.05) is 30.3 Å². The maximum atomic E-state index is 5.62. The van der Waals surface area contributed by atoms with E-state index in [-0.39, 0.29) is 0 Å². The number of benzene rings is 1. The summed E-state index contributed by atoms with van der Waals surface area (Å²) in [6, 6.07) is 9.53. The van der Waals surface area contributed by atoms with Crippen LogP contribution in [0.2, 0.25) is 0 Å². The Hall–Kier alpha value is -1.79. The van der Waals surface area contributed by atoms with Gasteiger partial charge in [0.25, 0.3) is 0 Å². The van der Waals surface area contributed by atoms with Crippen LogP contribution in [-0.4, -0.2) is 18.0 Å². The predicted octanol–water partition coefficient (Wildman–Crippen LogP) is 0.490. The van der Waals surface area contributed by atoms with Crippen molar-refractivity contribution in [3.05, 3.63) is 30.3 Å². The second-order valence-corrected chi connectivity index (χ2v) is 3.14. The van der Waals surface area contributed by atoms with Gasteiger partial charge in [-0.05, 0) is 12.1 Å². The minimum atomic E-state index is -0.531. The van der Waals surface area contributed by atoms with Crippen LogP contribution >= 0.6 is 0 Å². The molecule has 1 aromatic carbocycles. The Morgan fingerprint density at radius 3 is 2.27 bits per heavy atom. The van der Waals surface area contributed by atoms with E-state index in [2.05, 4.69) is 20.8 Å². The smallest absolute Gasteiger partial charge is 0.162 e. The number of nitrogens with two attached hydrogens (primary N) is 2. The summed E-state index contributed by atoms with van der Waals surface area (Å²) in [5, 5.41) is 11.5. The first-order valence-corrected chi connectivity index (χ1v) is 4.57. The molecule has 0 bridgehead atoms. The van der Waals surface area contributed by atoms with Gasteiger partial charge in [-0.15, -0.1) is 0 Å². The predicted molar refractivity (Wildman–Crippen MR) is 58.3 cm³/mol. The van der Waals surface area contributed by atoms with E-state index in [1.54, 1.807) is 0 Å². The molecule has 78 valence electrons. The highest BCUT2D eigenvalue weighted by Crippen LogP contribution is 2.08. The SMILES string of the molecule is NC1N=NC(N)C1=NNc1ccccc1. The van der Waals surface area contributed by atoms with Gasteiger partial charge in [-0.1, -0.05) is 18.2 Å². The van der Waals surface area contributed by atoms with Crippen LogP contribution in [0.4, 0.5) is 5.69 Å². The summed E-state index contributed by atoms with van der Waals surface area (Å²) in [6.45, 7) is 0. The largest absolute Gasteiger partial charge is 0.303 e. The van der Waals surface area contributed by atoms with Crippen LogP contribution in [0, 0.1) is 0 Å². The first kappa shape index (κ1) is 9.75. The Morgan fingerprint density at radius 2 is 1.67 bits per heavy atom. The van der Waals surface area contributed by atoms with Crippen LogP contribution in [0.5, 0.6) is 0 Å². The molecular weight excluding hydrogens is 192 g/mol. The van der Waals surface area contributed by atoms with Crippen molar-refractivity contribution in [1.29, 1.82) is 0 Å². The van der Waals surface area contributed by atoms with Gasteiger partial charge in [-0.25, -0.2) is 0 Å². The highest BCUT2D eigenvalue weighted by molar-refractivity contribution is 5.95. The molecule has 2 rings (SSSR count). The maximum absolute atomic E-state index is 5.62. The molecule has 1 aromatic rings. The van der Waals surface area contributed by atoms with Gasteiger partial charge in [0.1, 0.15) is 5.71 Å². The van der Waals surface area contributed by atoms with Crippen molar-refractivity contribution >= 4 is 11.4 Å². The second-order valence-electron chi connectivity index (χ2n) is 3.14. The summed E-state index contributed by atoms with van der Waals surface area (Å²) in [5.74, 6) is 0. The Bertz CT molecular complexity index is 371. The summed E-state index contributed by atoms with van der Waals surface area (Å²) in [6.07, 6.45) is -1.06. The number of hydrogen-bond donors (Lipinski definition) is 3.